The van der Waals surface area contributed by atoms with Crippen LogP contribution in [0.2, 0.25) is 0 Å². The van der Waals surface area contributed by atoms with E-state index in [1.807, 2.05) is 40.9 Å². The van der Waals surface area contributed by atoms with Gasteiger partial charge in [-0.1, -0.05) is 42.5 Å². The van der Waals surface area contributed by atoms with Crippen LogP contribution in [0, 0.1) is 5.92 Å². The number of alkyl carbamates (subject to hydrolysis) is 1. The summed E-state index contributed by atoms with van der Waals surface area (Å²) in [6.45, 7) is 3.11. The highest BCUT2D eigenvalue weighted by atomic mass is 32.2. The van der Waals surface area contributed by atoms with Crippen LogP contribution < -0.4 is 10.1 Å². The molecule has 242 valence electrons. The number of hydrogen-bond acceptors (Lipinski definition) is 9. The fourth-order valence-corrected chi connectivity index (χ4v) is 8.61. The topological polar surface area (TPSA) is 89.6 Å². The van der Waals surface area contributed by atoms with Gasteiger partial charge in [-0.2, -0.15) is 0 Å². The highest BCUT2D eigenvalue weighted by Crippen LogP contribution is 2.37. The fraction of sp³-hybridized carbons (Fsp3) is 0.529. The maximum atomic E-state index is 13.2. The summed E-state index contributed by atoms with van der Waals surface area (Å²) in [6, 6.07) is 16.5. The maximum Gasteiger partial charge on any atom is 0.407 e. The van der Waals surface area contributed by atoms with E-state index in [1.54, 1.807) is 19.1 Å². The van der Waals surface area contributed by atoms with Crippen molar-refractivity contribution in [2.24, 2.45) is 5.92 Å². The summed E-state index contributed by atoms with van der Waals surface area (Å²) in [5.41, 5.74) is 1.15. The number of hydrogen-bond donors (Lipinski definition) is 1. The zero-order chi connectivity index (χ0) is 31.0. The van der Waals surface area contributed by atoms with Gasteiger partial charge in [-0.25, -0.2) is 9.10 Å². The fourth-order valence-electron chi connectivity index (χ4n) is 6.44. The van der Waals surface area contributed by atoms with Crippen molar-refractivity contribution in [3.05, 3.63) is 66.2 Å². The van der Waals surface area contributed by atoms with Crippen LogP contribution in [0.3, 0.4) is 0 Å². The molecule has 3 saturated heterocycles. The van der Waals surface area contributed by atoms with Gasteiger partial charge in [0.15, 0.2) is 6.29 Å². The summed E-state index contributed by atoms with van der Waals surface area (Å²) >= 11 is 3.56. The molecule has 2 aromatic rings. The molecule has 0 spiro atoms. The number of methoxy groups -OCH3 is 1. The van der Waals surface area contributed by atoms with E-state index in [0.29, 0.717) is 39.0 Å². The first-order valence-corrected chi connectivity index (χ1v) is 17.7. The average molecular weight is 654 g/mol. The average Bonchev–Trinajstić information content (AvgIpc) is 3.76. The molecule has 4 heterocycles. The normalized spacial score (nSPS) is 26.9. The second-order valence-electron chi connectivity index (χ2n) is 11.9. The molecule has 5 atom stereocenters. The molecule has 0 unspecified atom stereocenters. The number of amides is 2. The number of benzene rings is 2. The van der Waals surface area contributed by atoms with Crippen LogP contribution in [0.4, 0.5) is 4.79 Å². The van der Waals surface area contributed by atoms with Crippen LogP contribution in [0.5, 0.6) is 5.75 Å². The minimum absolute atomic E-state index is 0.0923. The minimum Gasteiger partial charge on any atom is -0.497 e. The number of allylic oxidation sites excluding steroid dienone is 1. The predicted octanol–water partition coefficient (Wildman–Crippen LogP) is 5.54. The Hall–Kier alpha value is -2.70. The van der Waals surface area contributed by atoms with Crippen molar-refractivity contribution in [2.75, 3.05) is 45.7 Å². The van der Waals surface area contributed by atoms with Gasteiger partial charge >= 0.3 is 6.09 Å². The molecule has 6 rings (SSSR count). The number of nitrogens with zero attached hydrogens (tertiary/aromatic N) is 2. The number of thioether (sulfide) groups is 1. The summed E-state index contributed by atoms with van der Waals surface area (Å²) in [5, 5.41) is 3.19. The molecule has 4 aliphatic heterocycles. The van der Waals surface area contributed by atoms with Crippen molar-refractivity contribution in [1.82, 2.24) is 14.5 Å². The molecule has 4 aliphatic rings. The Kier molecular flexibility index (Phi) is 11.3. The first kappa shape index (κ1) is 32.2. The Labute approximate surface area is 274 Å². The lowest BCUT2D eigenvalue weighted by Gasteiger charge is -2.31. The van der Waals surface area contributed by atoms with E-state index in [9.17, 15) is 9.59 Å². The zero-order valence-corrected chi connectivity index (χ0v) is 27.4. The maximum absolute atomic E-state index is 13.2. The number of rotatable bonds is 8. The van der Waals surface area contributed by atoms with Crippen LogP contribution in [0.15, 0.2) is 70.5 Å². The quantitative estimate of drug-likeness (QED) is 0.292. The van der Waals surface area contributed by atoms with E-state index in [4.69, 9.17) is 18.9 Å². The molecule has 0 aromatic heterocycles. The van der Waals surface area contributed by atoms with Gasteiger partial charge in [0.05, 0.1) is 26.2 Å². The first-order valence-electron chi connectivity index (χ1n) is 16.0. The van der Waals surface area contributed by atoms with E-state index in [1.165, 1.54) is 9.79 Å². The number of nitrogens with one attached hydrogen (secondary N) is 1. The predicted molar refractivity (Wildman–Crippen MR) is 175 cm³/mol. The molecule has 2 amide bonds. The minimum atomic E-state index is -0.414. The molecular weight excluding hydrogens is 611 g/mol. The SMILES string of the molecule is COc1ccc2c(c1)SCC/C=C\CN1C(=O)CC[C@@H]1CN(CC[C@H](Cc1ccccc1)NC(=O)O[C@H]1CO[C@H]3OCC[C@H]31)S2. The molecule has 3 fully saturated rings. The Morgan fingerprint density at radius 1 is 1.11 bits per heavy atom. The Morgan fingerprint density at radius 2 is 2.00 bits per heavy atom. The van der Waals surface area contributed by atoms with Crippen LogP contribution in [0.25, 0.3) is 0 Å². The van der Waals surface area contributed by atoms with Gasteiger partial charge in [-0.3, -0.25) is 4.79 Å². The Balaban J connectivity index is 1.19. The third kappa shape index (κ3) is 8.56. The van der Waals surface area contributed by atoms with Crippen LogP contribution in [0.1, 0.15) is 37.7 Å². The largest absolute Gasteiger partial charge is 0.497 e. The van der Waals surface area contributed by atoms with E-state index >= 15 is 0 Å². The molecule has 1 N–H and O–H groups in total. The summed E-state index contributed by atoms with van der Waals surface area (Å²) < 4.78 is 25.1. The summed E-state index contributed by atoms with van der Waals surface area (Å²) in [4.78, 5) is 30.5. The smallest absolute Gasteiger partial charge is 0.407 e. The lowest BCUT2D eigenvalue weighted by atomic mass is 10.0. The van der Waals surface area contributed by atoms with Crippen LogP contribution in [-0.4, -0.2) is 91.4 Å². The van der Waals surface area contributed by atoms with Crippen LogP contribution >= 0.6 is 23.7 Å². The van der Waals surface area contributed by atoms with Crippen molar-refractivity contribution in [2.45, 2.75) is 72.8 Å². The van der Waals surface area contributed by atoms with Crippen molar-refractivity contribution in [3.63, 3.8) is 0 Å². The van der Waals surface area contributed by atoms with Gasteiger partial charge in [0, 0.05) is 53.7 Å². The monoisotopic (exact) mass is 653 g/mol. The molecule has 45 heavy (non-hydrogen) atoms. The molecule has 0 bridgehead atoms. The summed E-state index contributed by atoms with van der Waals surface area (Å²) in [6.07, 6.45) is 7.96. The number of carbonyl (C=O) groups is 2. The molecule has 9 nitrogen and oxygen atoms in total. The van der Waals surface area contributed by atoms with E-state index in [2.05, 4.69) is 46.0 Å². The van der Waals surface area contributed by atoms with Gasteiger partial charge in [0.1, 0.15) is 11.9 Å². The van der Waals surface area contributed by atoms with E-state index in [-0.39, 0.29) is 36.3 Å². The van der Waals surface area contributed by atoms with E-state index < -0.39 is 6.09 Å². The van der Waals surface area contributed by atoms with Gasteiger partial charge in [-0.05, 0) is 67.8 Å². The standard InChI is InChI=1S/C34H43N3O6S2/c1-40-27-11-12-30-31(21-27)44-19-7-3-6-16-37-26(10-13-32(37)38)22-36(45-30)17-14-25(20-24-8-4-2-5-9-24)35-34(39)43-29-23-42-33-28(29)15-18-41-33/h2-6,8-9,11-12,21,25-26,28-29,33H,7,10,13-20,22-23H2,1H3,(H,35,39)/b6-3-/t25-,26-,28+,29+,33-/m1/s1. The highest BCUT2D eigenvalue weighted by Gasteiger charge is 2.44. The highest BCUT2D eigenvalue weighted by molar-refractivity contribution is 8.01. The summed E-state index contributed by atoms with van der Waals surface area (Å²) in [5.74, 6) is 2.10. The van der Waals surface area contributed by atoms with Crippen molar-refractivity contribution >= 4 is 35.7 Å². The van der Waals surface area contributed by atoms with Gasteiger partial charge in [0.25, 0.3) is 0 Å². The lowest BCUT2D eigenvalue weighted by Crippen LogP contribution is -2.43. The molecule has 11 heteroatoms. The van der Waals surface area contributed by atoms with Gasteiger partial charge < -0.3 is 29.2 Å². The van der Waals surface area contributed by atoms with Gasteiger partial charge in [0.2, 0.25) is 5.91 Å². The van der Waals surface area contributed by atoms with Gasteiger partial charge in [-0.15, -0.1) is 11.8 Å². The zero-order valence-electron chi connectivity index (χ0n) is 25.8. The Bertz CT molecular complexity index is 1330. The van der Waals surface area contributed by atoms with Crippen molar-refractivity contribution < 1.29 is 28.5 Å². The summed E-state index contributed by atoms with van der Waals surface area (Å²) in [7, 11) is 1.70. The second kappa shape index (κ2) is 15.7. The molecule has 0 aliphatic carbocycles. The third-order valence-corrected chi connectivity index (χ3v) is 11.2. The Morgan fingerprint density at radius 3 is 2.87 bits per heavy atom. The number of carbonyl (C=O) groups excluding carboxylic acids is 2. The lowest BCUT2D eigenvalue weighted by molar-refractivity contribution is -0.128. The second-order valence-corrected chi connectivity index (χ2v) is 14.2. The first-order chi connectivity index (χ1) is 22.1. The van der Waals surface area contributed by atoms with Crippen molar-refractivity contribution in [1.29, 1.82) is 0 Å². The van der Waals surface area contributed by atoms with Crippen LogP contribution in [-0.2, 0) is 25.4 Å². The number of ether oxygens (including phenoxy) is 4. The molecule has 0 radical (unpaired) electrons. The van der Waals surface area contributed by atoms with Crippen molar-refractivity contribution in [3.8, 4) is 5.75 Å². The number of fused-ring (bicyclic) bond motifs is 3. The molecular formula is C34H43N3O6S2. The van der Waals surface area contributed by atoms with E-state index in [0.717, 1.165) is 49.4 Å². The molecule has 2 aromatic carbocycles. The third-order valence-electron chi connectivity index (χ3n) is 8.87. The molecule has 0 saturated carbocycles.